The molecular formula is C14H16F2N4O. The van der Waals surface area contributed by atoms with E-state index in [9.17, 15) is 8.78 Å². The molecule has 0 radical (unpaired) electrons. The molecule has 1 saturated carbocycles. The number of hydrogen-bond donors (Lipinski definition) is 1. The van der Waals surface area contributed by atoms with Gasteiger partial charge in [-0.1, -0.05) is 5.21 Å². The molecule has 7 heteroatoms. The van der Waals surface area contributed by atoms with Crippen molar-refractivity contribution in [1.29, 1.82) is 0 Å². The molecule has 1 heterocycles. The maximum absolute atomic E-state index is 13.3. The minimum atomic E-state index is -0.579. The molecule has 1 aliphatic rings. The molecule has 1 N–H and O–H groups in total. The van der Waals surface area contributed by atoms with Crippen molar-refractivity contribution in [3.63, 3.8) is 0 Å². The van der Waals surface area contributed by atoms with E-state index in [0.29, 0.717) is 19.1 Å². The smallest absolute Gasteiger partial charge is 0.165 e. The van der Waals surface area contributed by atoms with Crippen LogP contribution in [0.15, 0.2) is 24.4 Å². The van der Waals surface area contributed by atoms with Crippen molar-refractivity contribution in [3.8, 4) is 5.75 Å². The first-order chi connectivity index (χ1) is 10.2. The van der Waals surface area contributed by atoms with Gasteiger partial charge in [-0.2, -0.15) is 0 Å². The van der Waals surface area contributed by atoms with Crippen LogP contribution in [0, 0.1) is 11.6 Å². The zero-order valence-corrected chi connectivity index (χ0v) is 11.4. The molecule has 0 bridgehead atoms. The maximum Gasteiger partial charge on any atom is 0.165 e. The van der Waals surface area contributed by atoms with Crippen molar-refractivity contribution in [3.05, 3.63) is 41.7 Å². The summed E-state index contributed by atoms with van der Waals surface area (Å²) in [5.41, 5.74) is 0.860. The van der Waals surface area contributed by atoms with E-state index >= 15 is 0 Å². The van der Waals surface area contributed by atoms with Crippen LogP contribution in [-0.2, 0) is 13.1 Å². The van der Waals surface area contributed by atoms with Gasteiger partial charge in [0.2, 0.25) is 0 Å². The molecule has 112 valence electrons. The Hall–Kier alpha value is -2.02. The second-order valence-electron chi connectivity index (χ2n) is 5.05. The molecule has 5 nitrogen and oxygen atoms in total. The molecular weight excluding hydrogens is 278 g/mol. The SMILES string of the molecule is Fc1ccc(F)c(OCCn2cc(CNC3CC3)nn2)c1. The van der Waals surface area contributed by atoms with E-state index in [2.05, 4.69) is 15.6 Å². The summed E-state index contributed by atoms with van der Waals surface area (Å²) < 4.78 is 33.2. The molecule has 21 heavy (non-hydrogen) atoms. The number of nitrogens with one attached hydrogen (secondary N) is 1. The van der Waals surface area contributed by atoms with Gasteiger partial charge in [-0.25, -0.2) is 13.5 Å². The van der Waals surface area contributed by atoms with Gasteiger partial charge < -0.3 is 10.1 Å². The van der Waals surface area contributed by atoms with E-state index in [1.54, 1.807) is 4.68 Å². The third-order valence-electron chi connectivity index (χ3n) is 3.21. The molecule has 0 atom stereocenters. The fraction of sp³-hybridized carbons (Fsp3) is 0.429. The molecule has 1 aromatic carbocycles. The Morgan fingerprint density at radius 1 is 1.33 bits per heavy atom. The van der Waals surface area contributed by atoms with Crippen LogP contribution < -0.4 is 10.1 Å². The molecule has 0 amide bonds. The average molecular weight is 294 g/mol. The van der Waals surface area contributed by atoms with Crippen molar-refractivity contribution < 1.29 is 13.5 Å². The fourth-order valence-electron chi connectivity index (χ4n) is 1.90. The zero-order chi connectivity index (χ0) is 14.7. The van der Waals surface area contributed by atoms with Gasteiger partial charge in [0.15, 0.2) is 11.6 Å². The standard InChI is InChI=1S/C14H16F2N4O/c15-10-1-4-13(16)14(7-10)21-6-5-20-9-12(18-19-20)8-17-11-2-3-11/h1,4,7,9,11,17H,2-3,5-6,8H2. The summed E-state index contributed by atoms with van der Waals surface area (Å²) in [4.78, 5) is 0. The van der Waals surface area contributed by atoms with Gasteiger partial charge >= 0.3 is 0 Å². The summed E-state index contributed by atoms with van der Waals surface area (Å²) in [6.45, 7) is 1.32. The van der Waals surface area contributed by atoms with E-state index in [4.69, 9.17) is 4.74 Å². The second kappa shape index (κ2) is 6.17. The summed E-state index contributed by atoms with van der Waals surface area (Å²) in [6, 6.07) is 3.75. The summed E-state index contributed by atoms with van der Waals surface area (Å²) >= 11 is 0. The topological polar surface area (TPSA) is 52.0 Å². The highest BCUT2D eigenvalue weighted by atomic mass is 19.1. The van der Waals surface area contributed by atoms with Crippen LogP contribution in [0.25, 0.3) is 0 Å². The van der Waals surface area contributed by atoms with Crippen LogP contribution in [0.2, 0.25) is 0 Å². The predicted octanol–water partition coefficient (Wildman–Crippen LogP) is 1.89. The number of halogens is 2. The predicted molar refractivity (Wildman–Crippen MR) is 71.7 cm³/mol. The van der Waals surface area contributed by atoms with Crippen molar-refractivity contribution in [1.82, 2.24) is 20.3 Å². The Balaban J connectivity index is 1.47. The summed E-state index contributed by atoms with van der Waals surface area (Å²) in [7, 11) is 0. The highest BCUT2D eigenvalue weighted by Crippen LogP contribution is 2.19. The van der Waals surface area contributed by atoms with E-state index < -0.39 is 11.6 Å². The molecule has 0 saturated heterocycles. The zero-order valence-electron chi connectivity index (χ0n) is 11.4. The van der Waals surface area contributed by atoms with Gasteiger partial charge in [-0.15, -0.1) is 5.10 Å². The molecule has 1 aliphatic carbocycles. The number of aromatic nitrogens is 3. The van der Waals surface area contributed by atoms with Crippen LogP contribution >= 0.6 is 0 Å². The average Bonchev–Trinajstić information content (AvgIpc) is 3.20. The van der Waals surface area contributed by atoms with Crippen LogP contribution in [0.4, 0.5) is 8.78 Å². The van der Waals surface area contributed by atoms with Crippen molar-refractivity contribution >= 4 is 0 Å². The maximum atomic E-state index is 13.3. The Kier molecular flexibility index (Phi) is 4.10. The minimum absolute atomic E-state index is 0.0919. The van der Waals surface area contributed by atoms with E-state index in [-0.39, 0.29) is 12.4 Å². The van der Waals surface area contributed by atoms with E-state index in [0.717, 1.165) is 23.9 Å². The van der Waals surface area contributed by atoms with Crippen LogP contribution in [0.5, 0.6) is 5.75 Å². The lowest BCUT2D eigenvalue weighted by Crippen LogP contribution is -2.15. The number of ether oxygens (including phenoxy) is 1. The monoisotopic (exact) mass is 294 g/mol. The molecule has 1 fully saturated rings. The van der Waals surface area contributed by atoms with Gasteiger partial charge in [0.1, 0.15) is 12.4 Å². The van der Waals surface area contributed by atoms with E-state index in [1.165, 1.54) is 12.8 Å². The van der Waals surface area contributed by atoms with Gasteiger partial charge in [-0.3, -0.25) is 0 Å². The van der Waals surface area contributed by atoms with Crippen molar-refractivity contribution in [2.75, 3.05) is 6.61 Å². The van der Waals surface area contributed by atoms with Crippen LogP contribution in [-0.4, -0.2) is 27.6 Å². The van der Waals surface area contributed by atoms with Crippen LogP contribution in [0.1, 0.15) is 18.5 Å². The van der Waals surface area contributed by atoms with Crippen LogP contribution in [0.3, 0.4) is 0 Å². The van der Waals surface area contributed by atoms with Gasteiger partial charge in [-0.05, 0) is 25.0 Å². The lowest BCUT2D eigenvalue weighted by atomic mass is 10.3. The first-order valence-electron chi connectivity index (χ1n) is 6.91. The second-order valence-corrected chi connectivity index (χ2v) is 5.05. The van der Waals surface area contributed by atoms with Gasteiger partial charge in [0.05, 0.1) is 12.2 Å². The molecule has 0 aliphatic heterocycles. The molecule has 3 rings (SSSR count). The van der Waals surface area contributed by atoms with Crippen molar-refractivity contribution in [2.45, 2.75) is 32.0 Å². The summed E-state index contributed by atoms with van der Waals surface area (Å²) in [5, 5.41) is 11.3. The Morgan fingerprint density at radius 3 is 3.00 bits per heavy atom. The highest BCUT2D eigenvalue weighted by molar-refractivity contribution is 5.24. The molecule has 0 spiro atoms. The number of hydrogen-bond acceptors (Lipinski definition) is 4. The lowest BCUT2D eigenvalue weighted by molar-refractivity contribution is 0.275. The van der Waals surface area contributed by atoms with E-state index in [1.807, 2.05) is 6.20 Å². The number of rotatable bonds is 7. The Morgan fingerprint density at radius 2 is 2.19 bits per heavy atom. The van der Waals surface area contributed by atoms with Crippen molar-refractivity contribution in [2.24, 2.45) is 0 Å². The third-order valence-corrected chi connectivity index (χ3v) is 3.21. The first-order valence-corrected chi connectivity index (χ1v) is 6.91. The Labute approximate surface area is 120 Å². The fourth-order valence-corrected chi connectivity index (χ4v) is 1.90. The Bertz CT molecular complexity index is 613. The third kappa shape index (κ3) is 3.98. The van der Waals surface area contributed by atoms with Gasteiger partial charge in [0.25, 0.3) is 0 Å². The normalized spacial score (nSPS) is 14.4. The first kappa shape index (κ1) is 13.9. The summed E-state index contributed by atoms with van der Waals surface area (Å²) in [5.74, 6) is -1.20. The highest BCUT2D eigenvalue weighted by Gasteiger charge is 2.20. The minimum Gasteiger partial charge on any atom is -0.488 e. The molecule has 0 unspecified atom stereocenters. The largest absolute Gasteiger partial charge is 0.488 e. The lowest BCUT2D eigenvalue weighted by Gasteiger charge is -2.06. The number of benzene rings is 1. The number of nitrogens with zero attached hydrogens (tertiary/aromatic N) is 3. The molecule has 2 aromatic rings. The van der Waals surface area contributed by atoms with Gasteiger partial charge in [0, 0.05) is 24.8 Å². The summed E-state index contributed by atoms with van der Waals surface area (Å²) in [6.07, 6.45) is 4.27. The molecule has 1 aromatic heterocycles. The quantitative estimate of drug-likeness (QED) is 0.847.